The molecule has 0 radical (unpaired) electrons. The van der Waals surface area contributed by atoms with Crippen molar-refractivity contribution >= 4 is 11.3 Å². The molecular weight excluding hydrogens is 272 g/mol. The van der Waals surface area contributed by atoms with Crippen molar-refractivity contribution in [3.63, 3.8) is 0 Å². The van der Waals surface area contributed by atoms with Gasteiger partial charge < -0.3 is 14.8 Å². The van der Waals surface area contributed by atoms with Crippen molar-refractivity contribution in [2.75, 3.05) is 13.2 Å². The van der Waals surface area contributed by atoms with E-state index in [1.165, 1.54) is 5.56 Å². The Morgan fingerprint density at radius 2 is 2.10 bits per heavy atom. The zero-order valence-corrected chi connectivity index (χ0v) is 12.5. The standard InChI is InChI=1S/C15H18N2O2S/c1-10(16-8-13-9-20-11(2)17-13)12-3-4-14-15(7-12)19-6-5-18-14/h3-4,7,9-10,16H,5-6,8H2,1-2H3. The summed E-state index contributed by atoms with van der Waals surface area (Å²) in [4.78, 5) is 4.46. The van der Waals surface area contributed by atoms with Gasteiger partial charge >= 0.3 is 0 Å². The summed E-state index contributed by atoms with van der Waals surface area (Å²) in [5.74, 6) is 1.68. The van der Waals surface area contributed by atoms with E-state index in [0.29, 0.717) is 13.2 Å². The number of nitrogens with zero attached hydrogens (tertiary/aromatic N) is 1. The molecule has 0 saturated heterocycles. The van der Waals surface area contributed by atoms with Gasteiger partial charge in [0.25, 0.3) is 0 Å². The lowest BCUT2D eigenvalue weighted by molar-refractivity contribution is 0.171. The second kappa shape index (κ2) is 5.81. The highest BCUT2D eigenvalue weighted by atomic mass is 32.1. The lowest BCUT2D eigenvalue weighted by atomic mass is 10.1. The van der Waals surface area contributed by atoms with Crippen LogP contribution in [-0.4, -0.2) is 18.2 Å². The summed E-state index contributed by atoms with van der Waals surface area (Å²) >= 11 is 1.68. The minimum absolute atomic E-state index is 0.243. The Morgan fingerprint density at radius 1 is 1.30 bits per heavy atom. The quantitative estimate of drug-likeness (QED) is 0.940. The minimum Gasteiger partial charge on any atom is -0.486 e. The summed E-state index contributed by atoms with van der Waals surface area (Å²) in [6, 6.07) is 6.36. The molecule has 0 spiro atoms. The molecule has 0 aliphatic carbocycles. The van der Waals surface area contributed by atoms with Gasteiger partial charge in [-0.1, -0.05) is 6.07 Å². The Morgan fingerprint density at radius 3 is 2.85 bits per heavy atom. The van der Waals surface area contributed by atoms with Gasteiger partial charge in [-0.05, 0) is 31.5 Å². The van der Waals surface area contributed by atoms with Gasteiger partial charge in [-0.3, -0.25) is 0 Å². The van der Waals surface area contributed by atoms with Gasteiger partial charge in [0, 0.05) is 18.0 Å². The molecule has 1 atom stereocenters. The topological polar surface area (TPSA) is 43.4 Å². The Bertz CT molecular complexity index is 597. The van der Waals surface area contributed by atoms with E-state index in [4.69, 9.17) is 9.47 Å². The van der Waals surface area contributed by atoms with Crippen LogP contribution in [0.3, 0.4) is 0 Å². The fourth-order valence-corrected chi connectivity index (χ4v) is 2.81. The van der Waals surface area contributed by atoms with Crippen molar-refractivity contribution in [2.45, 2.75) is 26.4 Å². The lowest BCUT2D eigenvalue weighted by Gasteiger charge is -2.21. The molecule has 0 saturated carbocycles. The monoisotopic (exact) mass is 290 g/mol. The van der Waals surface area contributed by atoms with Crippen LogP contribution >= 0.6 is 11.3 Å². The van der Waals surface area contributed by atoms with Crippen molar-refractivity contribution in [2.24, 2.45) is 0 Å². The summed E-state index contributed by atoms with van der Waals surface area (Å²) < 4.78 is 11.2. The molecule has 1 aliphatic heterocycles. The normalized spacial score (nSPS) is 15.1. The molecule has 1 aromatic carbocycles. The van der Waals surface area contributed by atoms with Crippen LogP contribution in [0.5, 0.6) is 11.5 Å². The second-order valence-corrected chi connectivity index (χ2v) is 5.93. The predicted octanol–water partition coefficient (Wildman–Crippen LogP) is 3.07. The summed E-state index contributed by atoms with van der Waals surface area (Å²) in [6.07, 6.45) is 0. The average molecular weight is 290 g/mol. The van der Waals surface area contributed by atoms with Gasteiger partial charge in [0.2, 0.25) is 0 Å². The molecule has 0 fully saturated rings. The summed E-state index contributed by atoms with van der Waals surface area (Å²) in [5.41, 5.74) is 2.29. The van der Waals surface area contributed by atoms with Gasteiger partial charge in [-0.25, -0.2) is 4.98 Å². The molecule has 1 unspecified atom stereocenters. The van der Waals surface area contributed by atoms with Crippen LogP contribution in [0.2, 0.25) is 0 Å². The first kappa shape index (κ1) is 13.4. The number of thiazole rings is 1. The molecule has 1 aromatic heterocycles. The number of benzene rings is 1. The Kier molecular flexibility index (Phi) is 3.89. The van der Waals surface area contributed by atoms with Gasteiger partial charge in [-0.2, -0.15) is 0 Å². The van der Waals surface area contributed by atoms with E-state index < -0.39 is 0 Å². The van der Waals surface area contributed by atoms with Crippen molar-refractivity contribution in [1.29, 1.82) is 0 Å². The number of aromatic nitrogens is 1. The predicted molar refractivity (Wildman–Crippen MR) is 79.5 cm³/mol. The average Bonchev–Trinajstić information content (AvgIpc) is 2.90. The molecule has 3 rings (SSSR count). The van der Waals surface area contributed by atoms with Gasteiger partial charge in [-0.15, -0.1) is 11.3 Å². The van der Waals surface area contributed by atoms with Crippen LogP contribution < -0.4 is 14.8 Å². The third-order valence-corrected chi connectivity index (χ3v) is 4.14. The van der Waals surface area contributed by atoms with Crippen LogP contribution in [0.25, 0.3) is 0 Å². The maximum atomic E-state index is 5.62. The molecular formula is C15H18N2O2S. The zero-order valence-electron chi connectivity index (χ0n) is 11.7. The minimum atomic E-state index is 0.243. The van der Waals surface area contributed by atoms with E-state index >= 15 is 0 Å². The van der Waals surface area contributed by atoms with E-state index in [1.807, 2.05) is 13.0 Å². The number of fused-ring (bicyclic) bond motifs is 1. The highest BCUT2D eigenvalue weighted by Crippen LogP contribution is 2.32. The molecule has 106 valence electrons. The number of aryl methyl sites for hydroxylation is 1. The number of hydrogen-bond acceptors (Lipinski definition) is 5. The third-order valence-electron chi connectivity index (χ3n) is 3.32. The van der Waals surface area contributed by atoms with Crippen LogP contribution in [0.1, 0.15) is 29.2 Å². The number of nitrogens with one attached hydrogen (secondary N) is 1. The van der Waals surface area contributed by atoms with E-state index in [1.54, 1.807) is 11.3 Å². The van der Waals surface area contributed by atoms with Crippen LogP contribution in [-0.2, 0) is 6.54 Å². The van der Waals surface area contributed by atoms with Crippen molar-refractivity contribution < 1.29 is 9.47 Å². The molecule has 2 aromatic rings. The van der Waals surface area contributed by atoms with E-state index in [0.717, 1.165) is 28.7 Å². The first-order chi connectivity index (χ1) is 9.72. The lowest BCUT2D eigenvalue weighted by Crippen LogP contribution is -2.19. The van der Waals surface area contributed by atoms with E-state index in [9.17, 15) is 0 Å². The molecule has 4 nitrogen and oxygen atoms in total. The van der Waals surface area contributed by atoms with E-state index in [2.05, 4.69) is 34.7 Å². The summed E-state index contributed by atoms with van der Waals surface area (Å²) in [6.45, 7) is 6.20. The number of rotatable bonds is 4. The molecule has 1 aliphatic rings. The van der Waals surface area contributed by atoms with Crippen LogP contribution in [0.15, 0.2) is 23.6 Å². The summed E-state index contributed by atoms with van der Waals surface area (Å²) in [7, 11) is 0. The molecule has 20 heavy (non-hydrogen) atoms. The smallest absolute Gasteiger partial charge is 0.161 e. The fourth-order valence-electron chi connectivity index (χ4n) is 2.19. The third kappa shape index (κ3) is 2.94. The summed E-state index contributed by atoms with van der Waals surface area (Å²) in [5, 5.41) is 6.68. The van der Waals surface area contributed by atoms with Gasteiger partial charge in [0.1, 0.15) is 13.2 Å². The second-order valence-electron chi connectivity index (χ2n) is 4.86. The zero-order chi connectivity index (χ0) is 13.9. The van der Waals surface area contributed by atoms with Crippen molar-refractivity contribution in [1.82, 2.24) is 10.3 Å². The maximum absolute atomic E-state index is 5.62. The molecule has 0 amide bonds. The fraction of sp³-hybridized carbons (Fsp3) is 0.400. The van der Waals surface area contributed by atoms with Gasteiger partial charge in [0.15, 0.2) is 11.5 Å². The molecule has 1 N–H and O–H groups in total. The first-order valence-electron chi connectivity index (χ1n) is 6.76. The van der Waals surface area contributed by atoms with Crippen LogP contribution in [0.4, 0.5) is 0 Å². The molecule has 5 heteroatoms. The maximum Gasteiger partial charge on any atom is 0.161 e. The number of hydrogen-bond donors (Lipinski definition) is 1. The van der Waals surface area contributed by atoms with Crippen molar-refractivity contribution in [3.05, 3.63) is 39.8 Å². The molecule has 0 bridgehead atoms. The highest BCUT2D eigenvalue weighted by molar-refractivity contribution is 7.09. The van der Waals surface area contributed by atoms with Gasteiger partial charge in [0.05, 0.1) is 10.7 Å². The largest absolute Gasteiger partial charge is 0.486 e. The molecule has 2 heterocycles. The Balaban J connectivity index is 1.66. The Hall–Kier alpha value is -1.59. The van der Waals surface area contributed by atoms with Crippen molar-refractivity contribution in [3.8, 4) is 11.5 Å². The number of ether oxygens (including phenoxy) is 2. The highest BCUT2D eigenvalue weighted by Gasteiger charge is 2.14. The SMILES string of the molecule is Cc1nc(CNC(C)c2ccc3c(c2)OCCO3)cs1. The van der Waals surface area contributed by atoms with E-state index in [-0.39, 0.29) is 6.04 Å². The Labute approximate surface area is 122 Å². The first-order valence-corrected chi connectivity index (χ1v) is 7.64. The van der Waals surface area contributed by atoms with Crippen LogP contribution in [0, 0.1) is 6.92 Å².